The van der Waals surface area contributed by atoms with Crippen molar-refractivity contribution < 1.29 is 18.4 Å². The van der Waals surface area contributed by atoms with Crippen molar-refractivity contribution in [2.45, 2.75) is 13.8 Å². The summed E-state index contributed by atoms with van der Waals surface area (Å²) < 4.78 is 26.9. The first kappa shape index (κ1) is 17.2. The van der Waals surface area contributed by atoms with E-state index in [1.165, 1.54) is 11.0 Å². The maximum absolute atomic E-state index is 13.5. The number of Topliss-reactive ketones (excluding diaryl/α,β-unsaturated/α-hetero) is 1. The Balaban J connectivity index is 2.56. The summed E-state index contributed by atoms with van der Waals surface area (Å²) in [5, 5.41) is 2.71. The number of nitrogens with one attached hydrogen (secondary N) is 1. The molecule has 0 aliphatic carbocycles. The standard InChI is InChI=1S/C15H20F2N2O2/c1-10(2)7-18-14(21)9-19(3)8-13(20)15-11(16)5-4-6-12(15)17/h4-6,10H,7-9H2,1-3H3,(H,18,21). The van der Waals surface area contributed by atoms with Gasteiger partial charge in [-0.3, -0.25) is 14.5 Å². The Labute approximate surface area is 123 Å². The number of ketones is 1. The highest BCUT2D eigenvalue weighted by Crippen LogP contribution is 2.13. The van der Waals surface area contributed by atoms with Crippen LogP contribution < -0.4 is 5.32 Å². The van der Waals surface area contributed by atoms with Crippen molar-refractivity contribution in [1.82, 2.24) is 10.2 Å². The largest absolute Gasteiger partial charge is 0.355 e. The minimum absolute atomic E-state index is 0.00542. The molecule has 0 heterocycles. The number of benzene rings is 1. The number of likely N-dealkylation sites (N-methyl/N-ethyl adjacent to an activating group) is 1. The molecule has 0 atom stereocenters. The van der Waals surface area contributed by atoms with E-state index in [1.54, 1.807) is 7.05 Å². The van der Waals surface area contributed by atoms with Gasteiger partial charge in [-0.2, -0.15) is 0 Å². The van der Waals surface area contributed by atoms with Gasteiger partial charge in [0.15, 0.2) is 5.78 Å². The van der Waals surface area contributed by atoms with Crippen molar-refractivity contribution in [3.05, 3.63) is 35.4 Å². The number of nitrogens with zero attached hydrogens (tertiary/aromatic N) is 1. The van der Waals surface area contributed by atoms with Crippen LogP contribution in [0.2, 0.25) is 0 Å². The summed E-state index contributed by atoms with van der Waals surface area (Å²) in [4.78, 5) is 24.9. The van der Waals surface area contributed by atoms with E-state index < -0.39 is 23.0 Å². The summed E-state index contributed by atoms with van der Waals surface area (Å²) in [6.45, 7) is 4.24. The molecule has 4 nitrogen and oxygen atoms in total. The number of amides is 1. The van der Waals surface area contributed by atoms with Gasteiger partial charge in [0.05, 0.1) is 18.7 Å². The molecule has 6 heteroatoms. The number of carbonyl (C=O) groups excluding carboxylic acids is 2. The van der Waals surface area contributed by atoms with E-state index in [2.05, 4.69) is 5.32 Å². The van der Waals surface area contributed by atoms with Crippen LogP contribution in [-0.4, -0.2) is 43.3 Å². The van der Waals surface area contributed by atoms with Crippen LogP contribution in [0, 0.1) is 17.6 Å². The van der Waals surface area contributed by atoms with Gasteiger partial charge >= 0.3 is 0 Å². The quantitative estimate of drug-likeness (QED) is 0.782. The fraction of sp³-hybridized carbons (Fsp3) is 0.467. The Morgan fingerprint density at radius 2 is 1.76 bits per heavy atom. The Morgan fingerprint density at radius 1 is 1.19 bits per heavy atom. The average molecular weight is 298 g/mol. The van der Waals surface area contributed by atoms with Gasteiger partial charge in [-0.05, 0) is 25.1 Å². The number of carbonyl (C=O) groups is 2. The van der Waals surface area contributed by atoms with Crippen molar-refractivity contribution in [2.75, 3.05) is 26.7 Å². The van der Waals surface area contributed by atoms with E-state index in [0.717, 1.165) is 12.1 Å². The van der Waals surface area contributed by atoms with Crippen LogP contribution in [0.15, 0.2) is 18.2 Å². The van der Waals surface area contributed by atoms with Gasteiger partial charge in [-0.15, -0.1) is 0 Å². The van der Waals surface area contributed by atoms with Crippen LogP contribution in [0.3, 0.4) is 0 Å². The zero-order valence-corrected chi connectivity index (χ0v) is 12.5. The topological polar surface area (TPSA) is 49.4 Å². The highest BCUT2D eigenvalue weighted by Gasteiger charge is 2.19. The smallest absolute Gasteiger partial charge is 0.234 e. The molecule has 0 spiro atoms. The van der Waals surface area contributed by atoms with Crippen LogP contribution in [0.25, 0.3) is 0 Å². The summed E-state index contributed by atoms with van der Waals surface area (Å²) in [7, 11) is 1.55. The molecule has 0 bridgehead atoms. The van der Waals surface area contributed by atoms with Gasteiger partial charge in [0.25, 0.3) is 0 Å². The average Bonchev–Trinajstić information content (AvgIpc) is 2.35. The SMILES string of the molecule is CC(C)CNC(=O)CN(C)CC(=O)c1c(F)cccc1F. The second-order valence-electron chi connectivity index (χ2n) is 5.39. The Kier molecular flexibility index (Phi) is 6.42. The number of hydrogen-bond donors (Lipinski definition) is 1. The first-order valence-electron chi connectivity index (χ1n) is 6.73. The van der Waals surface area contributed by atoms with Crippen molar-refractivity contribution in [3.63, 3.8) is 0 Å². The van der Waals surface area contributed by atoms with Crippen molar-refractivity contribution in [2.24, 2.45) is 5.92 Å². The molecule has 21 heavy (non-hydrogen) atoms. The zero-order chi connectivity index (χ0) is 16.0. The van der Waals surface area contributed by atoms with Gasteiger partial charge in [-0.1, -0.05) is 19.9 Å². The van der Waals surface area contributed by atoms with Crippen molar-refractivity contribution in [1.29, 1.82) is 0 Å². The molecule has 0 radical (unpaired) electrons. The van der Waals surface area contributed by atoms with E-state index in [1.807, 2.05) is 13.8 Å². The number of rotatable bonds is 7. The summed E-state index contributed by atoms with van der Waals surface area (Å²) >= 11 is 0. The molecule has 1 N–H and O–H groups in total. The van der Waals surface area contributed by atoms with Crippen molar-refractivity contribution in [3.8, 4) is 0 Å². The van der Waals surface area contributed by atoms with Crippen molar-refractivity contribution >= 4 is 11.7 Å². The van der Waals surface area contributed by atoms with Crippen LogP contribution in [0.4, 0.5) is 8.78 Å². The predicted molar refractivity (Wildman–Crippen MR) is 76.0 cm³/mol. The Bertz CT molecular complexity index is 498. The minimum Gasteiger partial charge on any atom is -0.355 e. The molecule has 0 fully saturated rings. The Hall–Kier alpha value is -1.82. The van der Waals surface area contributed by atoms with Gasteiger partial charge in [0, 0.05) is 6.54 Å². The monoisotopic (exact) mass is 298 g/mol. The van der Waals surface area contributed by atoms with E-state index in [4.69, 9.17) is 0 Å². The normalized spacial score (nSPS) is 11.0. The predicted octanol–water partition coefficient (Wildman–Crippen LogP) is 1.85. The summed E-state index contributed by atoms with van der Waals surface area (Å²) in [6, 6.07) is 3.27. The molecule has 0 unspecified atom stereocenters. The second-order valence-corrected chi connectivity index (χ2v) is 5.39. The fourth-order valence-electron chi connectivity index (χ4n) is 1.76. The molecule has 0 aliphatic rings. The molecule has 1 aromatic rings. The van der Waals surface area contributed by atoms with Gasteiger partial charge in [0.2, 0.25) is 5.91 Å². The maximum atomic E-state index is 13.5. The number of hydrogen-bond acceptors (Lipinski definition) is 3. The number of halogens is 2. The van der Waals surface area contributed by atoms with E-state index >= 15 is 0 Å². The van der Waals surface area contributed by atoms with Crippen LogP contribution in [0.5, 0.6) is 0 Å². The Morgan fingerprint density at radius 3 is 2.29 bits per heavy atom. The van der Waals surface area contributed by atoms with E-state index in [-0.39, 0.29) is 19.0 Å². The zero-order valence-electron chi connectivity index (χ0n) is 12.5. The lowest BCUT2D eigenvalue weighted by atomic mass is 10.1. The lowest BCUT2D eigenvalue weighted by Gasteiger charge is -2.16. The molecule has 0 aromatic heterocycles. The third-order valence-electron chi connectivity index (χ3n) is 2.78. The van der Waals surface area contributed by atoms with E-state index in [0.29, 0.717) is 12.5 Å². The molecule has 0 saturated heterocycles. The molecule has 0 saturated carbocycles. The molecule has 0 aliphatic heterocycles. The first-order valence-corrected chi connectivity index (χ1v) is 6.73. The summed E-state index contributed by atoms with van der Waals surface area (Å²) in [5.74, 6) is -2.37. The summed E-state index contributed by atoms with van der Waals surface area (Å²) in [6.07, 6.45) is 0. The fourth-order valence-corrected chi connectivity index (χ4v) is 1.76. The van der Waals surface area contributed by atoms with Gasteiger partial charge in [0.1, 0.15) is 11.6 Å². The first-order chi connectivity index (χ1) is 9.81. The summed E-state index contributed by atoms with van der Waals surface area (Å²) in [5.41, 5.74) is -0.563. The molecular formula is C15H20F2N2O2. The maximum Gasteiger partial charge on any atom is 0.234 e. The highest BCUT2D eigenvalue weighted by atomic mass is 19.1. The highest BCUT2D eigenvalue weighted by molar-refractivity contribution is 5.98. The lowest BCUT2D eigenvalue weighted by molar-refractivity contribution is -0.121. The second kappa shape index (κ2) is 7.83. The molecule has 1 amide bonds. The van der Waals surface area contributed by atoms with Crippen LogP contribution >= 0.6 is 0 Å². The van der Waals surface area contributed by atoms with E-state index in [9.17, 15) is 18.4 Å². The minimum atomic E-state index is -0.891. The van der Waals surface area contributed by atoms with Crippen LogP contribution in [-0.2, 0) is 4.79 Å². The third kappa shape index (κ3) is 5.59. The molecule has 1 rings (SSSR count). The third-order valence-corrected chi connectivity index (χ3v) is 2.78. The van der Waals surface area contributed by atoms with Gasteiger partial charge < -0.3 is 5.32 Å². The molecule has 116 valence electrons. The van der Waals surface area contributed by atoms with Gasteiger partial charge in [-0.25, -0.2) is 8.78 Å². The van der Waals surface area contributed by atoms with Crippen LogP contribution in [0.1, 0.15) is 24.2 Å². The molecular weight excluding hydrogens is 278 g/mol. The molecule has 1 aromatic carbocycles. The lowest BCUT2D eigenvalue weighted by Crippen LogP contribution is -2.39.